The van der Waals surface area contributed by atoms with Gasteiger partial charge in [-0.15, -0.1) is 0 Å². The van der Waals surface area contributed by atoms with Gasteiger partial charge in [0, 0.05) is 6.54 Å². The van der Waals surface area contributed by atoms with Gasteiger partial charge in [0.15, 0.2) is 0 Å². The normalized spacial score (nSPS) is 22.7. The van der Waals surface area contributed by atoms with Gasteiger partial charge in [-0.3, -0.25) is 9.59 Å². The van der Waals surface area contributed by atoms with E-state index in [1.165, 1.54) is 0 Å². The summed E-state index contributed by atoms with van der Waals surface area (Å²) in [6.07, 6.45) is 0.295. The molecular formula is C13H15NO4. The molecule has 0 aliphatic carbocycles. The number of benzene rings is 1. The third-order valence-electron chi connectivity index (χ3n) is 2.99. The number of hydrogen-bond acceptors (Lipinski definition) is 4. The van der Waals surface area contributed by atoms with Gasteiger partial charge in [0.25, 0.3) is 0 Å². The summed E-state index contributed by atoms with van der Waals surface area (Å²) < 4.78 is 5.17. The van der Waals surface area contributed by atoms with Crippen LogP contribution < -0.4 is 5.32 Å². The predicted octanol–water partition coefficient (Wildman–Crippen LogP) is 0.792. The molecule has 2 rings (SSSR count). The second-order valence-corrected chi connectivity index (χ2v) is 4.33. The summed E-state index contributed by atoms with van der Waals surface area (Å²) in [6, 6.07) is 8.75. The molecule has 2 atom stereocenters. The summed E-state index contributed by atoms with van der Waals surface area (Å²) in [7, 11) is 0. The summed E-state index contributed by atoms with van der Waals surface area (Å²) in [4.78, 5) is 22.5. The van der Waals surface area contributed by atoms with E-state index in [0.717, 1.165) is 5.56 Å². The molecule has 1 heterocycles. The smallest absolute Gasteiger partial charge is 0.320 e. The van der Waals surface area contributed by atoms with Crippen LogP contribution in [0, 0.1) is 5.92 Å². The van der Waals surface area contributed by atoms with Crippen LogP contribution >= 0.6 is 0 Å². The Bertz CT molecular complexity index is 432. The first-order valence-corrected chi connectivity index (χ1v) is 5.83. The molecule has 2 N–H and O–H groups in total. The molecule has 1 fully saturated rings. The SMILES string of the molecule is O=C(OCc1ccccc1)C1CNC(C(=O)O)C1. The molecule has 96 valence electrons. The fraction of sp³-hybridized carbons (Fsp3) is 0.385. The van der Waals surface area contributed by atoms with E-state index in [0.29, 0.717) is 13.0 Å². The number of nitrogens with one attached hydrogen (secondary N) is 1. The summed E-state index contributed by atoms with van der Waals surface area (Å²) in [5.74, 6) is -1.63. The van der Waals surface area contributed by atoms with Gasteiger partial charge in [0.2, 0.25) is 0 Å². The zero-order valence-corrected chi connectivity index (χ0v) is 9.83. The highest BCUT2D eigenvalue weighted by Crippen LogP contribution is 2.16. The number of carboxylic acid groups (broad SMARTS) is 1. The molecule has 0 bridgehead atoms. The van der Waals surface area contributed by atoms with E-state index in [1.807, 2.05) is 30.3 Å². The Labute approximate surface area is 105 Å². The van der Waals surface area contributed by atoms with E-state index in [-0.39, 0.29) is 18.5 Å². The van der Waals surface area contributed by atoms with Crippen LogP contribution in [0.3, 0.4) is 0 Å². The first-order valence-electron chi connectivity index (χ1n) is 5.83. The first-order chi connectivity index (χ1) is 8.66. The molecule has 0 amide bonds. The minimum absolute atomic E-state index is 0.230. The van der Waals surface area contributed by atoms with Crippen LogP contribution in [0.15, 0.2) is 30.3 Å². The molecule has 1 aliphatic heterocycles. The van der Waals surface area contributed by atoms with E-state index < -0.39 is 12.0 Å². The van der Waals surface area contributed by atoms with Crippen LogP contribution in [0.1, 0.15) is 12.0 Å². The van der Waals surface area contributed by atoms with Crippen LogP contribution in [-0.2, 0) is 20.9 Å². The third-order valence-corrected chi connectivity index (χ3v) is 2.99. The second kappa shape index (κ2) is 5.64. The highest BCUT2D eigenvalue weighted by Gasteiger charge is 2.34. The Hall–Kier alpha value is -1.88. The van der Waals surface area contributed by atoms with Crippen molar-refractivity contribution < 1.29 is 19.4 Å². The summed E-state index contributed by atoms with van der Waals surface area (Å²) in [5.41, 5.74) is 0.923. The summed E-state index contributed by atoms with van der Waals surface area (Å²) >= 11 is 0. The molecule has 0 aromatic heterocycles. The highest BCUT2D eigenvalue weighted by atomic mass is 16.5. The van der Waals surface area contributed by atoms with Crippen LogP contribution in [0.5, 0.6) is 0 Å². The number of hydrogen-bond donors (Lipinski definition) is 2. The molecule has 0 radical (unpaired) electrons. The maximum absolute atomic E-state index is 11.7. The van der Waals surface area contributed by atoms with E-state index >= 15 is 0 Å². The summed E-state index contributed by atoms with van der Waals surface area (Å²) in [5, 5.41) is 11.6. The molecule has 1 aromatic carbocycles. The zero-order chi connectivity index (χ0) is 13.0. The topological polar surface area (TPSA) is 75.6 Å². The predicted molar refractivity (Wildman–Crippen MR) is 63.8 cm³/mol. The van der Waals surface area contributed by atoms with Crippen molar-refractivity contribution in [1.29, 1.82) is 0 Å². The van der Waals surface area contributed by atoms with Gasteiger partial charge in [-0.05, 0) is 12.0 Å². The molecule has 1 saturated heterocycles. The van der Waals surface area contributed by atoms with Crippen LogP contribution in [-0.4, -0.2) is 29.6 Å². The standard InChI is InChI=1S/C13H15NO4/c15-12(16)11-6-10(7-14-11)13(17)18-8-9-4-2-1-3-5-9/h1-5,10-11,14H,6-8H2,(H,15,16). The molecule has 5 heteroatoms. The maximum Gasteiger partial charge on any atom is 0.320 e. The fourth-order valence-corrected chi connectivity index (χ4v) is 1.95. The summed E-state index contributed by atoms with van der Waals surface area (Å²) in [6.45, 7) is 0.596. The number of ether oxygens (including phenoxy) is 1. The van der Waals surface area contributed by atoms with Gasteiger partial charge in [0.1, 0.15) is 12.6 Å². The van der Waals surface area contributed by atoms with Gasteiger partial charge in [-0.2, -0.15) is 0 Å². The van der Waals surface area contributed by atoms with Gasteiger partial charge >= 0.3 is 11.9 Å². The molecule has 1 aliphatic rings. The van der Waals surface area contributed by atoms with Gasteiger partial charge in [-0.1, -0.05) is 30.3 Å². The number of rotatable bonds is 4. The lowest BCUT2D eigenvalue weighted by Crippen LogP contribution is -2.29. The number of aliphatic carboxylic acids is 1. The van der Waals surface area contributed by atoms with Gasteiger partial charge in [0.05, 0.1) is 5.92 Å². The lowest BCUT2D eigenvalue weighted by molar-refractivity contribution is -0.149. The lowest BCUT2D eigenvalue weighted by Gasteiger charge is -2.09. The number of carboxylic acids is 1. The Morgan fingerprint density at radius 3 is 2.67 bits per heavy atom. The van der Waals surface area contributed by atoms with Crippen molar-refractivity contribution >= 4 is 11.9 Å². The number of esters is 1. The highest BCUT2D eigenvalue weighted by molar-refractivity contribution is 5.78. The largest absolute Gasteiger partial charge is 0.480 e. The third kappa shape index (κ3) is 3.07. The minimum atomic E-state index is -0.923. The van der Waals surface area contributed by atoms with Gasteiger partial charge < -0.3 is 15.2 Å². The second-order valence-electron chi connectivity index (χ2n) is 4.33. The molecule has 0 spiro atoms. The van der Waals surface area contributed by atoms with Crippen molar-refractivity contribution in [2.75, 3.05) is 6.54 Å². The maximum atomic E-state index is 11.7. The average Bonchev–Trinajstić information content (AvgIpc) is 2.87. The zero-order valence-electron chi connectivity index (χ0n) is 9.83. The van der Waals surface area contributed by atoms with Crippen molar-refractivity contribution in [3.05, 3.63) is 35.9 Å². The Kier molecular flexibility index (Phi) is 3.94. The Balaban J connectivity index is 1.81. The number of carbonyl (C=O) groups is 2. The van der Waals surface area contributed by atoms with Gasteiger partial charge in [-0.25, -0.2) is 0 Å². The number of carbonyl (C=O) groups excluding carboxylic acids is 1. The van der Waals surface area contributed by atoms with E-state index in [9.17, 15) is 9.59 Å². The van der Waals surface area contributed by atoms with Crippen molar-refractivity contribution in [2.45, 2.75) is 19.1 Å². The van der Waals surface area contributed by atoms with Crippen molar-refractivity contribution in [3.63, 3.8) is 0 Å². The average molecular weight is 249 g/mol. The lowest BCUT2D eigenvalue weighted by atomic mass is 10.1. The molecule has 0 saturated carbocycles. The molecule has 18 heavy (non-hydrogen) atoms. The van der Waals surface area contributed by atoms with Crippen molar-refractivity contribution in [3.8, 4) is 0 Å². The van der Waals surface area contributed by atoms with E-state index in [4.69, 9.17) is 9.84 Å². The Morgan fingerprint density at radius 1 is 1.33 bits per heavy atom. The molecule has 5 nitrogen and oxygen atoms in total. The van der Waals surface area contributed by atoms with Crippen molar-refractivity contribution in [1.82, 2.24) is 5.32 Å². The monoisotopic (exact) mass is 249 g/mol. The van der Waals surface area contributed by atoms with E-state index in [2.05, 4.69) is 5.32 Å². The molecule has 2 unspecified atom stereocenters. The molecular weight excluding hydrogens is 234 g/mol. The fourth-order valence-electron chi connectivity index (χ4n) is 1.95. The van der Waals surface area contributed by atoms with Crippen LogP contribution in [0.4, 0.5) is 0 Å². The van der Waals surface area contributed by atoms with Crippen LogP contribution in [0.25, 0.3) is 0 Å². The van der Waals surface area contributed by atoms with Crippen LogP contribution in [0.2, 0.25) is 0 Å². The minimum Gasteiger partial charge on any atom is -0.480 e. The van der Waals surface area contributed by atoms with Crippen molar-refractivity contribution in [2.24, 2.45) is 5.92 Å². The quantitative estimate of drug-likeness (QED) is 0.772. The Morgan fingerprint density at radius 2 is 2.06 bits per heavy atom. The molecule has 1 aromatic rings. The van der Waals surface area contributed by atoms with E-state index in [1.54, 1.807) is 0 Å². The first kappa shape index (κ1) is 12.6.